The zero-order valence-electron chi connectivity index (χ0n) is 24.0. The lowest BCUT2D eigenvalue weighted by molar-refractivity contribution is -0.368. The third kappa shape index (κ3) is 12.8. The predicted molar refractivity (Wildman–Crippen MR) is 141 cm³/mol. The lowest BCUT2D eigenvalue weighted by atomic mass is 9.97. The Balaban J connectivity index is 2.16. The summed E-state index contributed by atoms with van der Waals surface area (Å²) in [4.78, 5) is 19.5. The molecule has 0 amide bonds. The van der Waals surface area contributed by atoms with Crippen LogP contribution < -0.4 is 0 Å². The zero-order chi connectivity index (χ0) is 34.8. The van der Waals surface area contributed by atoms with Crippen LogP contribution in [-0.4, -0.2) is 199 Å². The number of hydrogen-bond acceptors (Lipinski definition) is 21. The topological polar surface area (TPSA) is 371 Å². The van der Waals surface area contributed by atoms with Crippen LogP contribution in [0.5, 0.6) is 0 Å². The van der Waals surface area contributed by atoms with Crippen molar-refractivity contribution in [3.05, 3.63) is 0 Å². The SMILES string of the molecule is O=P(O)(OCC(O)CO)OC[C@H]1O[C@H](O[C@H]2[C@@H](OCC(O)CO)O[C@H](COP(=O)(O)OCC(O)CO)[C@@H](O)[C@@H]2O)[C@H](O)[C@@H](O)[C@@H]1O. The molecule has 46 heavy (non-hydrogen) atoms. The smallest absolute Gasteiger partial charge is 0.394 e. The van der Waals surface area contributed by atoms with E-state index in [-0.39, 0.29) is 0 Å². The van der Waals surface area contributed by atoms with Crippen molar-refractivity contribution in [2.45, 2.75) is 79.7 Å². The summed E-state index contributed by atoms with van der Waals surface area (Å²) in [6.45, 7) is -6.65. The fraction of sp³-hybridized carbons (Fsp3) is 1.00. The molecule has 0 aromatic heterocycles. The summed E-state index contributed by atoms with van der Waals surface area (Å²) in [5, 5.41) is 108. The maximum atomic E-state index is 12.1. The fourth-order valence-corrected chi connectivity index (χ4v) is 5.32. The van der Waals surface area contributed by atoms with Crippen LogP contribution >= 0.6 is 15.6 Å². The lowest BCUT2D eigenvalue weighted by Crippen LogP contribution is -2.64. The standard InChI is InChI=1S/C21H42O23P2/c22-1-9(25)4-37-21-19(17(31)15(29)13(43-21)8-41-46(35,36)39-6-11(27)3-24)44-20-18(32)16(30)14(28)12(42-20)7-40-45(33,34)38-5-10(26)2-23/h9-32H,1-8H2,(H,33,34)(H,35,36)/t9?,10?,11?,12-,13-,14-,15-,16+,17+,18-,19-,20-,21+/m1/s1. The summed E-state index contributed by atoms with van der Waals surface area (Å²) in [6, 6.07) is 0. The molecule has 15 atom stereocenters. The third-order valence-electron chi connectivity index (χ3n) is 6.35. The quantitative estimate of drug-likeness (QED) is 0.0519. The van der Waals surface area contributed by atoms with Gasteiger partial charge in [-0.2, -0.15) is 0 Å². The molecule has 2 aliphatic heterocycles. The van der Waals surface area contributed by atoms with Crippen LogP contribution in [0.25, 0.3) is 0 Å². The van der Waals surface area contributed by atoms with E-state index in [9.17, 15) is 59.8 Å². The number of aliphatic hydroxyl groups excluding tert-OH is 11. The van der Waals surface area contributed by atoms with Crippen LogP contribution in [0.1, 0.15) is 0 Å². The van der Waals surface area contributed by atoms with E-state index in [1.807, 2.05) is 0 Å². The first-order valence-electron chi connectivity index (χ1n) is 13.5. The molecule has 274 valence electrons. The monoisotopic (exact) mass is 724 g/mol. The van der Waals surface area contributed by atoms with Crippen molar-refractivity contribution in [2.75, 3.05) is 52.9 Å². The van der Waals surface area contributed by atoms with Crippen molar-refractivity contribution in [3.63, 3.8) is 0 Å². The minimum atomic E-state index is -4.92. The molecule has 0 radical (unpaired) electrons. The summed E-state index contributed by atoms with van der Waals surface area (Å²) in [7, 11) is -9.82. The highest BCUT2D eigenvalue weighted by Gasteiger charge is 2.52. The highest BCUT2D eigenvalue weighted by molar-refractivity contribution is 7.47. The summed E-state index contributed by atoms with van der Waals surface area (Å²) in [5.74, 6) is 0. The number of ether oxygens (including phenoxy) is 4. The average molecular weight is 724 g/mol. The Bertz CT molecular complexity index is 978. The molecule has 0 spiro atoms. The van der Waals surface area contributed by atoms with E-state index >= 15 is 0 Å². The van der Waals surface area contributed by atoms with E-state index in [4.69, 9.17) is 38.8 Å². The van der Waals surface area contributed by atoms with Crippen LogP contribution in [0.3, 0.4) is 0 Å². The van der Waals surface area contributed by atoms with E-state index in [1.165, 1.54) is 0 Å². The molecule has 0 saturated carbocycles. The van der Waals surface area contributed by atoms with Gasteiger partial charge in [-0.25, -0.2) is 9.13 Å². The molecule has 0 bridgehead atoms. The largest absolute Gasteiger partial charge is 0.472 e. The molecule has 2 aliphatic rings. The fourth-order valence-electron chi connectivity index (χ4n) is 3.78. The minimum absolute atomic E-state index is 0.680. The van der Waals surface area contributed by atoms with Crippen LogP contribution in [0, 0.1) is 0 Å². The first kappa shape index (κ1) is 41.8. The highest BCUT2D eigenvalue weighted by atomic mass is 31.2. The van der Waals surface area contributed by atoms with E-state index < -0.39 is 148 Å². The Morgan fingerprint density at radius 2 is 0.978 bits per heavy atom. The second-order valence-electron chi connectivity index (χ2n) is 10.1. The van der Waals surface area contributed by atoms with E-state index in [2.05, 4.69) is 13.6 Å². The molecule has 2 saturated heterocycles. The number of rotatable bonds is 20. The first-order valence-corrected chi connectivity index (χ1v) is 16.5. The number of aliphatic hydroxyl groups is 11. The molecule has 0 aromatic carbocycles. The molecular weight excluding hydrogens is 682 g/mol. The van der Waals surface area contributed by atoms with Gasteiger partial charge < -0.3 is 84.9 Å². The second kappa shape index (κ2) is 19.1. The Labute approximate surface area is 260 Å². The first-order chi connectivity index (χ1) is 21.4. The summed E-state index contributed by atoms with van der Waals surface area (Å²) < 4.78 is 64.1. The van der Waals surface area contributed by atoms with Gasteiger partial charge in [-0.1, -0.05) is 0 Å². The Morgan fingerprint density at radius 1 is 0.565 bits per heavy atom. The maximum absolute atomic E-state index is 12.1. The molecule has 23 nitrogen and oxygen atoms in total. The van der Waals surface area contributed by atoms with Crippen molar-refractivity contribution in [3.8, 4) is 0 Å². The van der Waals surface area contributed by atoms with Gasteiger partial charge in [0.05, 0.1) is 52.9 Å². The molecule has 2 heterocycles. The Kier molecular flexibility index (Phi) is 17.4. The van der Waals surface area contributed by atoms with Gasteiger partial charge in [-0.15, -0.1) is 0 Å². The third-order valence-corrected chi connectivity index (χ3v) is 8.25. The molecular formula is C21H42O23P2. The van der Waals surface area contributed by atoms with Crippen molar-refractivity contribution in [1.82, 2.24) is 0 Å². The van der Waals surface area contributed by atoms with Crippen molar-refractivity contribution < 1.29 is 112 Å². The van der Waals surface area contributed by atoms with Crippen molar-refractivity contribution >= 4 is 15.6 Å². The van der Waals surface area contributed by atoms with Gasteiger partial charge in [-0.3, -0.25) is 18.1 Å². The minimum Gasteiger partial charge on any atom is -0.394 e. The number of hydrogen-bond donors (Lipinski definition) is 13. The zero-order valence-corrected chi connectivity index (χ0v) is 25.7. The highest BCUT2D eigenvalue weighted by Crippen LogP contribution is 2.45. The van der Waals surface area contributed by atoms with Gasteiger partial charge in [0.15, 0.2) is 12.6 Å². The maximum Gasteiger partial charge on any atom is 0.472 e. The van der Waals surface area contributed by atoms with Crippen LogP contribution in [0.4, 0.5) is 0 Å². The Morgan fingerprint density at radius 3 is 1.43 bits per heavy atom. The predicted octanol–water partition coefficient (Wildman–Crippen LogP) is -7.03. The van der Waals surface area contributed by atoms with Gasteiger partial charge >= 0.3 is 15.6 Å². The Hall–Kier alpha value is -0.380. The molecule has 0 aromatic rings. The van der Waals surface area contributed by atoms with Crippen molar-refractivity contribution in [1.29, 1.82) is 0 Å². The summed E-state index contributed by atoms with van der Waals surface area (Å²) in [6.07, 6.45) is -23.8. The van der Waals surface area contributed by atoms with Crippen LogP contribution in [0.2, 0.25) is 0 Å². The average Bonchev–Trinajstić information content (AvgIpc) is 3.02. The normalized spacial score (nSPS) is 36.8. The molecule has 5 unspecified atom stereocenters. The van der Waals surface area contributed by atoms with Gasteiger partial charge in [0.2, 0.25) is 0 Å². The van der Waals surface area contributed by atoms with Gasteiger partial charge in [0, 0.05) is 0 Å². The number of phosphoric acid groups is 2. The van der Waals surface area contributed by atoms with Crippen LogP contribution in [-0.2, 0) is 46.2 Å². The molecule has 2 fully saturated rings. The molecule has 25 heteroatoms. The second-order valence-corrected chi connectivity index (χ2v) is 13.0. The van der Waals surface area contributed by atoms with E-state index in [0.29, 0.717) is 0 Å². The van der Waals surface area contributed by atoms with E-state index in [1.54, 1.807) is 0 Å². The summed E-state index contributed by atoms with van der Waals surface area (Å²) in [5.41, 5.74) is 0. The van der Waals surface area contributed by atoms with Gasteiger partial charge in [0.25, 0.3) is 0 Å². The van der Waals surface area contributed by atoms with Gasteiger partial charge in [-0.05, 0) is 0 Å². The lowest BCUT2D eigenvalue weighted by Gasteiger charge is -2.46. The van der Waals surface area contributed by atoms with E-state index in [0.717, 1.165) is 0 Å². The van der Waals surface area contributed by atoms with Crippen LogP contribution in [0.15, 0.2) is 0 Å². The van der Waals surface area contributed by atoms with Gasteiger partial charge in [0.1, 0.15) is 67.1 Å². The number of phosphoric ester groups is 2. The molecule has 13 N–H and O–H groups in total. The summed E-state index contributed by atoms with van der Waals surface area (Å²) >= 11 is 0. The van der Waals surface area contributed by atoms with Crippen molar-refractivity contribution in [2.24, 2.45) is 0 Å². The molecule has 2 rings (SSSR count). The molecule has 0 aliphatic carbocycles.